The molecule has 112 valence electrons. The number of carbonyl (C=O) groups excluding carboxylic acids is 3. The minimum Gasteiger partial charge on any atom is -0.369 e. The number of primary amides is 1. The molecule has 1 aromatic rings. The van der Waals surface area contributed by atoms with Crippen LogP contribution in [0.4, 0.5) is 5.69 Å². The fourth-order valence-electron chi connectivity index (χ4n) is 2.46. The van der Waals surface area contributed by atoms with Crippen molar-refractivity contribution in [2.24, 2.45) is 11.7 Å². The summed E-state index contributed by atoms with van der Waals surface area (Å²) in [6, 6.07) is 8.70. The number of carbonyl (C=O) groups is 3. The summed E-state index contributed by atoms with van der Waals surface area (Å²) in [6.45, 7) is 2.07. The van der Waals surface area contributed by atoms with Crippen LogP contribution in [0.15, 0.2) is 30.3 Å². The molecular weight excluding hydrogens is 270 g/mol. The van der Waals surface area contributed by atoms with Gasteiger partial charge in [0.2, 0.25) is 5.91 Å². The maximum Gasteiger partial charge on any atom is 0.313 e. The van der Waals surface area contributed by atoms with Gasteiger partial charge in [-0.25, -0.2) is 0 Å². The van der Waals surface area contributed by atoms with Crippen LogP contribution in [0, 0.1) is 5.92 Å². The van der Waals surface area contributed by atoms with Crippen molar-refractivity contribution < 1.29 is 14.4 Å². The average Bonchev–Trinajstić information content (AvgIpc) is 2.47. The standard InChI is InChI=1S/C15H19N3O3/c1-10-7-8-11(13(16)19)9-18(10)15(21)14(20)17-12-5-3-2-4-6-12/h2-6,10-11H,7-9H2,1H3,(H2,16,19)(H,17,20)/t10-,11-/m0/s1. The van der Waals surface area contributed by atoms with E-state index in [1.54, 1.807) is 24.3 Å². The number of nitrogens with one attached hydrogen (secondary N) is 1. The van der Waals surface area contributed by atoms with Crippen LogP contribution in [0.25, 0.3) is 0 Å². The summed E-state index contributed by atoms with van der Waals surface area (Å²) in [6.07, 6.45) is 1.32. The molecule has 3 amide bonds. The lowest BCUT2D eigenvalue weighted by molar-refractivity contribution is -0.147. The number of likely N-dealkylation sites (tertiary alicyclic amines) is 1. The summed E-state index contributed by atoms with van der Waals surface area (Å²) >= 11 is 0. The molecule has 0 saturated carbocycles. The Hall–Kier alpha value is -2.37. The van der Waals surface area contributed by atoms with Crippen molar-refractivity contribution >= 4 is 23.4 Å². The summed E-state index contributed by atoms with van der Waals surface area (Å²) < 4.78 is 0. The number of para-hydroxylation sites is 1. The molecule has 1 saturated heterocycles. The van der Waals surface area contributed by atoms with E-state index in [4.69, 9.17) is 5.73 Å². The largest absolute Gasteiger partial charge is 0.369 e. The van der Waals surface area contributed by atoms with E-state index in [2.05, 4.69) is 5.32 Å². The molecule has 1 heterocycles. The second-order valence-electron chi connectivity index (χ2n) is 5.30. The normalized spacial score (nSPS) is 21.7. The van der Waals surface area contributed by atoms with Gasteiger partial charge in [0, 0.05) is 18.3 Å². The predicted octanol–water partition coefficient (Wildman–Crippen LogP) is 0.737. The Morgan fingerprint density at radius 1 is 1.19 bits per heavy atom. The summed E-state index contributed by atoms with van der Waals surface area (Å²) in [5, 5.41) is 2.56. The monoisotopic (exact) mass is 289 g/mol. The Morgan fingerprint density at radius 2 is 1.86 bits per heavy atom. The van der Waals surface area contributed by atoms with Gasteiger partial charge in [-0.1, -0.05) is 18.2 Å². The Labute approximate surface area is 123 Å². The van der Waals surface area contributed by atoms with Gasteiger partial charge in [0.1, 0.15) is 0 Å². The first-order valence-electron chi connectivity index (χ1n) is 6.95. The van der Waals surface area contributed by atoms with E-state index >= 15 is 0 Å². The highest BCUT2D eigenvalue weighted by Crippen LogP contribution is 2.22. The van der Waals surface area contributed by atoms with Crippen LogP contribution in [-0.4, -0.2) is 35.2 Å². The number of rotatable bonds is 2. The molecule has 2 atom stereocenters. The SMILES string of the molecule is C[C@H]1CC[C@H](C(N)=O)CN1C(=O)C(=O)Nc1ccccc1. The van der Waals surface area contributed by atoms with Crippen LogP contribution in [0.2, 0.25) is 0 Å². The van der Waals surface area contributed by atoms with Gasteiger partial charge in [-0.05, 0) is 31.9 Å². The molecule has 2 rings (SSSR count). The van der Waals surface area contributed by atoms with Crippen LogP contribution in [0.5, 0.6) is 0 Å². The third-order valence-corrected chi connectivity index (χ3v) is 3.77. The summed E-state index contributed by atoms with van der Waals surface area (Å²) in [4.78, 5) is 37.0. The Balaban J connectivity index is 2.03. The van der Waals surface area contributed by atoms with Crippen molar-refractivity contribution in [2.45, 2.75) is 25.8 Å². The van der Waals surface area contributed by atoms with Crippen LogP contribution in [-0.2, 0) is 14.4 Å². The first kappa shape index (κ1) is 15.0. The number of piperidine rings is 1. The zero-order valence-corrected chi connectivity index (χ0v) is 11.9. The molecule has 0 aliphatic carbocycles. The van der Waals surface area contributed by atoms with Gasteiger partial charge in [-0.3, -0.25) is 14.4 Å². The molecule has 0 spiro atoms. The molecule has 6 nitrogen and oxygen atoms in total. The molecule has 1 fully saturated rings. The van der Waals surface area contributed by atoms with Gasteiger partial charge in [0.25, 0.3) is 0 Å². The number of nitrogens with two attached hydrogens (primary N) is 1. The third-order valence-electron chi connectivity index (χ3n) is 3.77. The van der Waals surface area contributed by atoms with E-state index in [1.165, 1.54) is 4.90 Å². The second kappa shape index (κ2) is 6.39. The average molecular weight is 289 g/mol. The quantitative estimate of drug-likeness (QED) is 0.786. The van der Waals surface area contributed by atoms with Crippen molar-refractivity contribution in [2.75, 3.05) is 11.9 Å². The highest BCUT2D eigenvalue weighted by atomic mass is 16.2. The van der Waals surface area contributed by atoms with Gasteiger partial charge in [0.05, 0.1) is 5.92 Å². The number of hydrogen-bond acceptors (Lipinski definition) is 3. The van der Waals surface area contributed by atoms with E-state index in [0.29, 0.717) is 18.5 Å². The van der Waals surface area contributed by atoms with Crippen molar-refractivity contribution in [1.82, 2.24) is 4.90 Å². The minimum absolute atomic E-state index is 0.0744. The van der Waals surface area contributed by atoms with Crippen molar-refractivity contribution in [1.29, 1.82) is 0 Å². The number of hydrogen-bond donors (Lipinski definition) is 2. The molecule has 21 heavy (non-hydrogen) atoms. The molecule has 1 aliphatic rings. The fraction of sp³-hybridized carbons (Fsp3) is 0.400. The number of benzene rings is 1. The van der Waals surface area contributed by atoms with Crippen LogP contribution in [0.1, 0.15) is 19.8 Å². The minimum atomic E-state index is -0.696. The molecule has 0 radical (unpaired) electrons. The third kappa shape index (κ3) is 3.59. The van der Waals surface area contributed by atoms with E-state index in [0.717, 1.165) is 0 Å². The molecular formula is C15H19N3O3. The van der Waals surface area contributed by atoms with Crippen molar-refractivity contribution in [3.05, 3.63) is 30.3 Å². The lowest BCUT2D eigenvalue weighted by Crippen LogP contribution is -2.51. The number of nitrogens with zero attached hydrogens (tertiary/aromatic N) is 1. The zero-order chi connectivity index (χ0) is 15.4. The Bertz CT molecular complexity index is 544. The van der Waals surface area contributed by atoms with Crippen LogP contribution in [0.3, 0.4) is 0 Å². The Kier molecular flexibility index (Phi) is 4.57. The first-order chi connectivity index (χ1) is 9.99. The van der Waals surface area contributed by atoms with E-state index in [-0.39, 0.29) is 18.5 Å². The maximum atomic E-state index is 12.2. The van der Waals surface area contributed by atoms with Gasteiger partial charge in [-0.2, -0.15) is 0 Å². The molecule has 0 aromatic heterocycles. The number of anilines is 1. The maximum absolute atomic E-state index is 12.2. The second-order valence-corrected chi connectivity index (χ2v) is 5.30. The molecule has 1 aromatic carbocycles. The van der Waals surface area contributed by atoms with Gasteiger partial charge >= 0.3 is 11.8 Å². The van der Waals surface area contributed by atoms with E-state index in [9.17, 15) is 14.4 Å². The van der Waals surface area contributed by atoms with Gasteiger partial charge in [-0.15, -0.1) is 0 Å². The van der Waals surface area contributed by atoms with Crippen LogP contribution >= 0.6 is 0 Å². The molecule has 3 N–H and O–H groups in total. The molecule has 1 aliphatic heterocycles. The van der Waals surface area contributed by atoms with E-state index in [1.807, 2.05) is 13.0 Å². The summed E-state index contributed by atoms with van der Waals surface area (Å²) in [5.41, 5.74) is 5.86. The van der Waals surface area contributed by atoms with Gasteiger partial charge in [0.15, 0.2) is 0 Å². The van der Waals surface area contributed by atoms with E-state index < -0.39 is 17.7 Å². The highest BCUT2D eigenvalue weighted by molar-refractivity contribution is 6.39. The smallest absolute Gasteiger partial charge is 0.313 e. The molecule has 6 heteroatoms. The Morgan fingerprint density at radius 3 is 2.48 bits per heavy atom. The topological polar surface area (TPSA) is 92.5 Å². The predicted molar refractivity (Wildman–Crippen MR) is 78.2 cm³/mol. The fourth-order valence-corrected chi connectivity index (χ4v) is 2.46. The van der Waals surface area contributed by atoms with Crippen molar-refractivity contribution in [3.63, 3.8) is 0 Å². The number of amides is 3. The lowest BCUT2D eigenvalue weighted by Gasteiger charge is -2.36. The lowest BCUT2D eigenvalue weighted by atomic mass is 9.93. The summed E-state index contributed by atoms with van der Waals surface area (Å²) in [7, 11) is 0. The summed E-state index contributed by atoms with van der Waals surface area (Å²) in [5.74, 6) is -2.13. The van der Waals surface area contributed by atoms with Crippen molar-refractivity contribution in [3.8, 4) is 0 Å². The van der Waals surface area contributed by atoms with Crippen LogP contribution < -0.4 is 11.1 Å². The molecule has 0 bridgehead atoms. The molecule has 0 unspecified atom stereocenters. The highest BCUT2D eigenvalue weighted by Gasteiger charge is 2.34. The van der Waals surface area contributed by atoms with Gasteiger partial charge < -0.3 is 16.0 Å². The first-order valence-corrected chi connectivity index (χ1v) is 6.95. The zero-order valence-electron chi connectivity index (χ0n) is 11.9.